The van der Waals surface area contributed by atoms with Gasteiger partial charge in [-0.25, -0.2) is 0 Å². The van der Waals surface area contributed by atoms with Gasteiger partial charge < -0.3 is 0 Å². The molecule has 0 nitrogen and oxygen atoms in total. The minimum atomic E-state index is 1.19. The molecule has 0 atom stereocenters. The highest BCUT2D eigenvalue weighted by Gasteiger charge is 2.63. The zero-order valence-electron chi connectivity index (χ0n) is 16.1. The molecule has 0 aromatic rings. The highest BCUT2D eigenvalue weighted by atomic mass is 14.7. The van der Waals surface area contributed by atoms with Crippen molar-refractivity contribution in [3.05, 3.63) is 12.7 Å². The molecular weight excluding hydrogens is 288 g/mol. The van der Waals surface area contributed by atoms with Crippen LogP contribution in [0.5, 0.6) is 0 Å². The topological polar surface area (TPSA) is 0 Å². The molecule has 0 spiro atoms. The Kier molecular flexibility index (Phi) is 5.40. The molecule has 7 saturated carbocycles. The van der Waals surface area contributed by atoms with E-state index in [2.05, 4.69) is 13.5 Å². The van der Waals surface area contributed by atoms with Crippen LogP contribution in [0.3, 0.4) is 0 Å². The normalized spacial score (nSPS) is 46.0. The molecule has 0 radical (unpaired) electrons. The summed E-state index contributed by atoms with van der Waals surface area (Å²) in [6.07, 6.45) is 21.5. The van der Waals surface area contributed by atoms with E-state index in [1.807, 2.05) is 6.08 Å². The van der Waals surface area contributed by atoms with Gasteiger partial charge in [-0.05, 0) is 98.7 Å². The first kappa shape index (κ1) is 17.2. The Morgan fingerprint density at radius 1 is 0.625 bits per heavy atom. The lowest BCUT2D eigenvalue weighted by Gasteiger charge is -2.69. The SMILES string of the molecule is C1C2CC3C4CC5CC(C14)C(C2)C3C5.C=CCCCCCCCC. The number of hydrogen-bond donors (Lipinski definition) is 0. The molecule has 0 heterocycles. The Labute approximate surface area is 150 Å². The number of allylic oxidation sites excluding steroid dienone is 1. The molecule has 0 unspecified atom stereocenters. The van der Waals surface area contributed by atoms with Gasteiger partial charge in [0.25, 0.3) is 0 Å². The van der Waals surface area contributed by atoms with Crippen molar-refractivity contribution in [3.8, 4) is 0 Å². The fraction of sp³-hybridized carbons (Fsp3) is 0.917. The van der Waals surface area contributed by atoms with E-state index in [4.69, 9.17) is 0 Å². The maximum atomic E-state index is 3.69. The second-order valence-electron chi connectivity index (χ2n) is 9.97. The van der Waals surface area contributed by atoms with E-state index >= 15 is 0 Å². The number of rotatable bonds is 7. The van der Waals surface area contributed by atoms with Gasteiger partial charge in [-0.1, -0.05) is 45.1 Å². The number of hydrogen-bond acceptors (Lipinski definition) is 0. The van der Waals surface area contributed by atoms with Crippen LogP contribution in [0.15, 0.2) is 12.7 Å². The molecule has 0 heteroatoms. The molecular formula is C24H40. The van der Waals surface area contributed by atoms with E-state index in [-0.39, 0.29) is 0 Å². The second kappa shape index (κ2) is 7.55. The zero-order chi connectivity index (χ0) is 16.5. The standard InChI is InChI=1S/C14H20.C10H20/c1-7-2-12-10-4-8-5-11(9(1)10)13(3-7)14(12)6-8;1-3-5-7-9-10-8-6-4-2/h7-14H,1-6H2;3H,1,4-10H2,2H3. The van der Waals surface area contributed by atoms with Crippen molar-refractivity contribution in [2.75, 3.05) is 0 Å². The molecule has 7 fully saturated rings. The predicted molar refractivity (Wildman–Crippen MR) is 104 cm³/mol. The molecule has 7 aliphatic carbocycles. The van der Waals surface area contributed by atoms with Crippen LogP contribution < -0.4 is 0 Å². The van der Waals surface area contributed by atoms with Crippen molar-refractivity contribution in [2.24, 2.45) is 47.3 Å². The summed E-state index contributed by atoms with van der Waals surface area (Å²) in [4.78, 5) is 0. The Morgan fingerprint density at radius 3 is 1.38 bits per heavy atom. The summed E-state index contributed by atoms with van der Waals surface area (Å²) in [5.41, 5.74) is 0. The summed E-state index contributed by atoms with van der Waals surface area (Å²) < 4.78 is 0. The lowest BCUT2D eigenvalue weighted by Crippen LogP contribution is -2.62. The molecule has 0 saturated heterocycles. The van der Waals surface area contributed by atoms with E-state index in [1.165, 1.54) is 92.3 Å². The summed E-state index contributed by atoms with van der Waals surface area (Å²) in [6, 6.07) is 0. The van der Waals surface area contributed by atoms with Gasteiger partial charge in [-0.2, -0.15) is 0 Å². The van der Waals surface area contributed by atoms with Crippen LogP contribution in [0.2, 0.25) is 0 Å². The molecule has 0 aliphatic heterocycles. The van der Waals surface area contributed by atoms with E-state index in [1.54, 1.807) is 38.5 Å². The molecule has 7 rings (SSSR count). The van der Waals surface area contributed by atoms with Crippen LogP contribution in [0, 0.1) is 47.3 Å². The third-order valence-electron chi connectivity index (χ3n) is 8.69. The molecule has 136 valence electrons. The van der Waals surface area contributed by atoms with Gasteiger partial charge >= 0.3 is 0 Å². The van der Waals surface area contributed by atoms with Crippen molar-refractivity contribution in [1.82, 2.24) is 0 Å². The average Bonchev–Trinajstić information content (AvgIpc) is 2.62. The zero-order valence-corrected chi connectivity index (χ0v) is 16.1. The van der Waals surface area contributed by atoms with Crippen molar-refractivity contribution in [2.45, 2.75) is 90.4 Å². The van der Waals surface area contributed by atoms with Crippen LogP contribution in [-0.4, -0.2) is 0 Å². The van der Waals surface area contributed by atoms with Gasteiger partial charge in [-0.3, -0.25) is 0 Å². The van der Waals surface area contributed by atoms with Crippen molar-refractivity contribution in [1.29, 1.82) is 0 Å². The first-order chi connectivity index (χ1) is 11.8. The van der Waals surface area contributed by atoms with Crippen LogP contribution in [0.1, 0.15) is 90.4 Å². The van der Waals surface area contributed by atoms with Crippen LogP contribution in [-0.2, 0) is 0 Å². The molecule has 7 aliphatic rings. The summed E-state index contributed by atoms with van der Waals surface area (Å²) in [6.45, 7) is 5.95. The van der Waals surface area contributed by atoms with Crippen LogP contribution in [0.25, 0.3) is 0 Å². The second-order valence-corrected chi connectivity index (χ2v) is 9.97. The van der Waals surface area contributed by atoms with E-state index in [9.17, 15) is 0 Å². The molecule has 8 bridgehead atoms. The smallest absolute Gasteiger partial charge is 0.0349 e. The molecule has 0 amide bonds. The minimum absolute atomic E-state index is 1.19. The third-order valence-corrected chi connectivity index (χ3v) is 8.69. The maximum Gasteiger partial charge on any atom is -0.0349 e. The third kappa shape index (κ3) is 3.12. The average molecular weight is 329 g/mol. The fourth-order valence-electron chi connectivity index (χ4n) is 7.96. The van der Waals surface area contributed by atoms with Crippen molar-refractivity contribution >= 4 is 0 Å². The Balaban J connectivity index is 0.000000132. The van der Waals surface area contributed by atoms with E-state index in [0.717, 1.165) is 0 Å². The monoisotopic (exact) mass is 328 g/mol. The Morgan fingerprint density at radius 2 is 1.00 bits per heavy atom. The van der Waals surface area contributed by atoms with Gasteiger partial charge in [0, 0.05) is 0 Å². The predicted octanol–water partition coefficient (Wildman–Crippen LogP) is 7.25. The van der Waals surface area contributed by atoms with Crippen LogP contribution >= 0.6 is 0 Å². The minimum Gasteiger partial charge on any atom is -0.103 e. The van der Waals surface area contributed by atoms with E-state index < -0.39 is 0 Å². The Hall–Kier alpha value is -0.260. The number of unbranched alkanes of at least 4 members (excludes halogenated alkanes) is 6. The van der Waals surface area contributed by atoms with Gasteiger partial charge in [-0.15, -0.1) is 6.58 Å². The summed E-state index contributed by atoms with van der Waals surface area (Å²) in [7, 11) is 0. The van der Waals surface area contributed by atoms with Gasteiger partial charge in [0.2, 0.25) is 0 Å². The largest absolute Gasteiger partial charge is 0.103 e. The molecule has 24 heavy (non-hydrogen) atoms. The van der Waals surface area contributed by atoms with Gasteiger partial charge in [0.1, 0.15) is 0 Å². The van der Waals surface area contributed by atoms with Crippen LogP contribution in [0.4, 0.5) is 0 Å². The van der Waals surface area contributed by atoms with E-state index in [0.29, 0.717) is 0 Å². The molecule has 0 aromatic carbocycles. The van der Waals surface area contributed by atoms with Crippen molar-refractivity contribution in [3.63, 3.8) is 0 Å². The lowest BCUT2D eigenvalue weighted by molar-refractivity contribution is -0.202. The fourth-order valence-corrected chi connectivity index (χ4v) is 7.96. The quantitative estimate of drug-likeness (QED) is 0.341. The summed E-state index contributed by atoms with van der Waals surface area (Å²) in [5, 5.41) is 0. The highest BCUT2D eigenvalue weighted by Crippen LogP contribution is 2.71. The van der Waals surface area contributed by atoms with Crippen molar-refractivity contribution < 1.29 is 0 Å². The highest BCUT2D eigenvalue weighted by molar-refractivity contribution is 5.12. The maximum absolute atomic E-state index is 3.69. The summed E-state index contributed by atoms with van der Waals surface area (Å²) in [5.74, 6) is 9.74. The first-order valence-corrected chi connectivity index (χ1v) is 11.4. The Bertz CT molecular complexity index is 334. The van der Waals surface area contributed by atoms with Gasteiger partial charge in [0.05, 0.1) is 0 Å². The molecule has 0 aromatic heterocycles. The van der Waals surface area contributed by atoms with Gasteiger partial charge in [0.15, 0.2) is 0 Å². The summed E-state index contributed by atoms with van der Waals surface area (Å²) >= 11 is 0. The first-order valence-electron chi connectivity index (χ1n) is 11.4. The molecule has 0 N–H and O–H groups in total. The lowest BCUT2D eigenvalue weighted by atomic mass is 9.36.